The van der Waals surface area contributed by atoms with Gasteiger partial charge in [0.25, 0.3) is 0 Å². The van der Waals surface area contributed by atoms with Crippen molar-refractivity contribution in [1.29, 1.82) is 0 Å². The lowest BCUT2D eigenvalue weighted by Crippen LogP contribution is -2.42. The summed E-state index contributed by atoms with van der Waals surface area (Å²) in [5.74, 6) is 1.49. The third-order valence-corrected chi connectivity index (χ3v) is 6.33. The van der Waals surface area contributed by atoms with E-state index in [0.29, 0.717) is 24.8 Å². The third-order valence-electron chi connectivity index (χ3n) is 6.33. The highest BCUT2D eigenvalue weighted by Gasteiger charge is 2.59. The topological polar surface area (TPSA) is 97.6 Å². The molecule has 3 aliphatic rings. The van der Waals surface area contributed by atoms with Gasteiger partial charge in [0.1, 0.15) is 6.61 Å². The van der Waals surface area contributed by atoms with Crippen molar-refractivity contribution in [3.63, 3.8) is 0 Å². The van der Waals surface area contributed by atoms with Crippen LogP contribution in [0.2, 0.25) is 0 Å². The first kappa shape index (κ1) is 17.5. The highest BCUT2D eigenvalue weighted by molar-refractivity contribution is 5.85. The number of methoxy groups -OCH3 is 1. The molecule has 1 aromatic rings. The van der Waals surface area contributed by atoms with Crippen molar-refractivity contribution in [3.8, 4) is 0 Å². The minimum Gasteiger partial charge on any atom is -0.375 e. The van der Waals surface area contributed by atoms with Crippen molar-refractivity contribution in [3.05, 3.63) is 11.7 Å². The Morgan fingerprint density at radius 3 is 2.81 bits per heavy atom. The fourth-order valence-electron chi connectivity index (χ4n) is 4.49. The first-order valence-corrected chi connectivity index (χ1v) is 9.25. The van der Waals surface area contributed by atoms with E-state index >= 15 is 0 Å². The average Bonchev–Trinajstić information content (AvgIpc) is 2.93. The number of fused-ring (bicyclic) bond motifs is 1. The number of aryl methyl sites for hydroxylation is 1. The van der Waals surface area contributed by atoms with E-state index in [9.17, 15) is 9.59 Å². The number of hydrogen-bond acceptors (Lipinski definition) is 6. The maximum absolute atomic E-state index is 12.5. The van der Waals surface area contributed by atoms with Gasteiger partial charge in [0.2, 0.25) is 17.7 Å². The fraction of sp³-hybridized carbons (Fsp3) is 0.778. The van der Waals surface area contributed by atoms with Gasteiger partial charge in [0, 0.05) is 31.7 Å². The summed E-state index contributed by atoms with van der Waals surface area (Å²) in [5.41, 5.74) is -0.570. The third kappa shape index (κ3) is 2.80. The van der Waals surface area contributed by atoms with Crippen LogP contribution in [0.4, 0.5) is 0 Å². The summed E-state index contributed by atoms with van der Waals surface area (Å²) in [5, 5.41) is 7.18. The van der Waals surface area contributed by atoms with Crippen LogP contribution >= 0.6 is 0 Å². The van der Waals surface area contributed by atoms with Crippen molar-refractivity contribution >= 4 is 11.8 Å². The van der Waals surface area contributed by atoms with Crippen molar-refractivity contribution < 1.29 is 18.8 Å². The van der Waals surface area contributed by atoms with E-state index in [1.807, 2.05) is 11.8 Å². The van der Waals surface area contributed by atoms with Crippen molar-refractivity contribution in [2.24, 2.45) is 11.3 Å². The minimum absolute atomic E-state index is 0.0245. The van der Waals surface area contributed by atoms with E-state index in [-0.39, 0.29) is 41.2 Å². The smallest absolute Gasteiger partial charge is 0.248 e. The van der Waals surface area contributed by atoms with Gasteiger partial charge in [-0.15, -0.1) is 0 Å². The molecule has 3 atom stereocenters. The van der Waals surface area contributed by atoms with Crippen molar-refractivity contribution in [2.45, 2.75) is 51.0 Å². The number of rotatable bonds is 5. The number of ether oxygens (including phenoxy) is 1. The molecule has 2 amide bonds. The molecule has 3 fully saturated rings. The second-order valence-corrected chi connectivity index (χ2v) is 8.38. The fourth-order valence-corrected chi connectivity index (χ4v) is 4.49. The van der Waals surface area contributed by atoms with E-state index in [1.165, 1.54) is 7.11 Å². The van der Waals surface area contributed by atoms with Gasteiger partial charge in [-0.2, -0.15) is 4.98 Å². The zero-order valence-electron chi connectivity index (χ0n) is 15.6. The number of carbonyl (C=O) groups excluding carboxylic acids is 2. The van der Waals surface area contributed by atoms with Crippen LogP contribution in [0.15, 0.2) is 4.52 Å². The molecular formula is C18H26N4O4. The van der Waals surface area contributed by atoms with E-state index in [4.69, 9.17) is 9.26 Å². The van der Waals surface area contributed by atoms with Gasteiger partial charge in [0.15, 0.2) is 5.82 Å². The lowest BCUT2D eigenvalue weighted by molar-refractivity contribution is -0.134. The predicted molar refractivity (Wildman–Crippen MR) is 91.2 cm³/mol. The molecule has 0 aromatic carbocycles. The van der Waals surface area contributed by atoms with Crippen LogP contribution in [0.3, 0.4) is 0 Å². The maximum Gasteiger partial charge on any atom is 0.248 e. The molecule has 0 spiro atoms. The van der Waals surface area contributed by atoms with E-state index in [2.05, 4.69) is 15.5 Å². The number of carbonyl (C=O) groups is 2. The predicted octanol–water partition coefficient (Wildman–Crippen LogP) is 0.799. The molecule has 142 valence electrons. The molecular weight excluding hydrogens is 336 g/mol. The lowest BCUT2D eigenvalue weighted by atomic mass is 9.80. The van der Waals surface area contributed by atoms with Gasteiger partial charge in [-0.05, 0) is 38.5 Å². The van der Waals surface area contributed by atoms with Crippen LogP contribution in [-0.4, -0.2) is 59.7 Å². The highest BCUT2D eigenvalue weighted by atomic mass is 16.5. The van der Waals surface area contributed by atoms with Crippen LogP contribution in [0.25, 0.3) is 0 Å². The minimum atomic E-state index is -0.382. The molecule has 0 bridgehead atoms. The van der Waals surface area contributed by atoms with E-state index in [1.54, 1.807) is 6.92 Å². The lowest BCUT2D eigenvalue weighted by Gasteiger charge is -2.25. The Balaban J connectivity index is 1.55. The quantitative estimate of drug-likeness (QED) is 0.832. The SMILES string of the molecule is COCC(=O)N1C[C@@H]2C[C@@H](NC(=O)C3(C)CC3)C[C@]2(c2nc(C)no2)C1. The van der Waals surface area contributed by atoms with Crippen LogP contribution in [-0.2, 0) is 19.7 Å². The largest absolute Gasteiger partial charge is 0.375 e. The molecule has 0 unspecified atom stereocenters. The zero-order valence-corrected chi connectivity index (χ0v) is 15.6. The molecule has 8 heteroatoms. The van der Waals surface area contributed by atoms with Crippen molar-refractivity contribution in [2.75, 3.05) is 26.8 Å². The highest BCUT2D eigenvalue weighted by Crippen LogP contribution is 2.51. The Bertz CT molecular complexity index is 729. The molecule has 26 heavy (non-hydrogen) atoms. The van der Waals surface area contributed by atoms with Crippen LogP contribution in [0, 0.1) is 18.3 Å². The average molecular weight is 362 g/mol. The summed E-state index contributed by atoms with van der Waals surface area (Å²) in [6.07, 6.45) is 3.46. The second kappa shape index (κ2) is 6.04. The Labute approximate surface area is 152 Å². The van der Waals surface area contributed by atoms with Crippen LogP contribution in [0.1, 0.15) is 44.3 Å². The Kier molecular flexibility index (Phi) is 4.06. The first-order chi connectivity index (χ1) is 12.4. The second-order valence-electron chi connectivity index (χ2n) is 8.38. The standard InChI is InChI=1S/C18H26N4O4/c1-11-19-16(26-21-11)18-7-13(20-15(24)17(2)4-5-17)6-12(18)8-22(10-18)14(23)9-25-3/h12-13H,4-10H2,1-3H3,(H,20,24)/t12-,13+,18-/m0/s1. The molecule has 8 nitrogen and oxygen atoms in total. The van der Waals surface area contributed by atoms with Gasteiger partial charge in [-0.1, -0.05) is 12.1 Å². The van der Waals surface area contributed by atoms with Gasteiger partial charge in [-0.3, -0.25) is 9.59 Å². The Hall–Kier alpha value is -1.96. The number of amides is 2. The number of hydrogen-bond donors (Lipinski definition) is 1. The van der Waals surface area contributed by atoms with Crippen LogP contribution in [0.5, 0.6) is 0 Å². The molecule has 1 aromatic heterocycles. The van der Waals surface area contributed by atoms with Gasteiger partial charge in [0.05, 0.1) is 5.41 Å². The summed E-state index contributed by atoms with van der Waals surface area (Å²) in [6.45, 7) is 5.05. The first-order valence-electron chi connectivity index (χ1n) is 9.25. The molecule has 0 radical (unpaired) electrons. The molecule has 1 saturated heterocycles. The van der Waals surface area contributed by atoms with Gasteiger partial charge >= 0.3 is 0 Å². The maximum atomic E-state index is 12.5. The normalized spacial score (nSPS) is 31.7. The summed E-state index contributed by atoms with van der Waals surface area (Å²) in [6, 6.07) is 0.0804. The summed E-state index contributed by atoms with van der Waals surface area (Å²) in [7, 11) is 1.52. The number of nitrogens with one attached hydrogen (secondary N) is 1. The number of nitrogens with zero attached hydrogens (tertiary/aromatic N) is 3. The molecule has 2 heterocycles. The molecule has 2 saturated carbocycles. The number of likely N-dealkylation sites (tertiary alicyclic amines) is 1. The molecule has 4 rings (SSSR count). The van der Waals surface area contributed by atoms with E-state index in [0.717, 1.165) is 25.7 Å². The summed E-state index contributed by atoms with van der Waals surface area (Å²) >= 11 is 0. The van der Waals surface area contributed by atoms with Gasteiger partial charge in [-0.25, -0.2) is 0 Å². The Morgan fingerprint density at radius 2 is 2.19 bits per heavy atom. The summed E-state index contributed by atoms with van der Waals surface area (Å²) in [4.78, 5) is 31.1. The zero-order chi connectivity index (χ0) is 18.5. The molecule has 2 aliphatic carbocycles. The molecule has 1 N–H and O–H groups in total. The van der Waals surface area contributed by atoms with Gasteiger partial charge < -0.3 is 19.5 Å². The van der Waals surface area contributed by atoms with E-state index < -0.39 is 0 Å². The monoisotopic (exact) mass is 362 g/mol. The molecule has 1 aliphatic heterocycles. The van der Waals surface area contributed by atoms with Crippen molar-refractivity contribution in [1.82, 2.24) is 20.4 Å². The Morgan fingerprint density at radius 1 is 1.42 bits per heavy atom. The van der Waals surface area contributed by atoms with Crippen LogP contribution < -0.4 is 5.32 Å². The number of aromatic nitrogens is 2. The summed E-state index contributed by atoms with van der Waals surface area (Å²) < 4.78 is 10.5.